The van der Waals surface area contributed by atoms with E-state index in [1.54, 1.807) is 12.1 Å². The number of rotatable bonds is 6. The van der Waals surface area contributed by atoms with E-state index in [0.717, 1.165) is 22.2 Å². The van der Waals surface area contributed by atoms with Gasteiger partial charge in [-0.25, -0.2) is 18.9 Å². The first-order valence-corrected chi connectivity index (χ1v) is 9.52. The van der Waals surface area contributed by atoms with Crippen LogP contribution >= 0.6 is 0 Å². The lowest BCUT2D eigenvalue weighted by atomic mass is 9.99. The number of anilines is 1. The van der Waals surface area contributed by atoms with E-state index in [-0.39, 0.29) is 18.2 Å². The number of aromatic nitrogens is 4. The van der Waals surface area contributed by atoms with E-state index in [0.29, 0.717) is 24.5 Å². The maximum absolute atomic E-state index is 13.1. The zero-order chi connectivity index (χ0) is 21.8. The first-order chi connectivity index (χ1) is 15.0. The van der Waals surface area contributed by atoms with Gasteiger partial charge in [0.2, 0.25) is 5.88 Å². The molecule has 3 aromatic rings. The molecule has 160 valence electrons. The first kappa shape index (κ1) is 20.6. The smallest absolute Gasteiger partial charge is 0.388 e. The van der Waals surface area contributed by atoms with Gasteiger partial charge in [0.1, 0.15) is 5.82 Å². The summed E-state index contributed by atoms with van der Waals surface area (Å²) in [5.41, 5.74) is 2.15. The molecule has 0 unspecified atom stereocenters. The summed E-state index contributed by atoms with van der Waals surface area (Å²) in [5.74, 6) is -0.00834. The second kappa shape index (κ2) is 8.99. The van der Waals surface area contributed by atoms with E-state index in [4.69, 9.17) is 0 Å². The van der Waals surface area contributed by atoms with Gasteiger partial charge >= 0.3 is 12.3 Å². The van der Waals surface area contributed by atoms with Gasteiger partial charge in [0, 0.05) is 25.4 Å². The molecule has 7 nitrogen and oxygen atoms in total. The number of alkyl halides is 2. The van der Waals surface area contributed by atoms with Crippen LogP contribution in [0.3, 0.4) is 0 Å². The highest BCUT2D eigenvalue weighted by Crippen LogP contribution is 2.24. The minimum Gasteiger partial charge on any atom is -0.417 e. The van der Waals surface area contributed by atoms with Gasteiger partial charge in [-0.15, -0.1) is 0 Å². The fourth-order valence-electron chi connectivity index (χ4n) is 3.26. The molecule has 0 saturated carbocycles. The van der Waals surface area contributed by atoms with Crippen molar-refractivity contribution in [1.29, 1.82) is 0 Å². The van der Waals surface area contributed by atoms with Crippen molar-refractivity contribution in [3.8, 4) is 5.88 Å². The molecule has 0 spiro atoms. The van der Waals surface area contributed by atoms with Gasteiger partial charge in [-0.2, -0.15) is 18.9 Å². The largest absolute Gasteiger partial charge is 0.417 e. The third-order valence-electron chi connectivity index (χ3n) is 4.83. The lowest BCUT2D eigenvalue weighted by molar-refractivity contribution is -0.0528. The molecule has 0 amide bonds. The summed E-state index contributed by atoms with van der Waals surface area (Å²) in [7, 11) is 0. The average molecular weight is 429 g/mol. The predicted octanol–water partition coefficient (Wildman–Crippen LogP) is 3.12. The number of ether oxygens (including phenoxy) is 1. The number of hydrogen-bond donors (Lipinski definition) is 0. The standard InChI is InChI=1S/C21H18F3N5O2/c22-17-4-2-15(3-5-17)16-7-9-28(10-8-16)18-12-26-29(21(30)27-18)13-14-1-6-19(25-11-14)31-20(23)24/h1-7,11-12,20H,8-10,13H2. The second-order valence-corrected chi connectivity index (χ2v) is 6.87. The summed E-state index contributed by atoms with van der Waals surface area (Å²) < 4.78 is 42.8. The summed E-state index contributed by atoms with van der Waals surface area (Å²) >= 11 is 0. The van der Waals surface area contributed by atoms with Crippen molar-refractivity contribution in [2.75, 3.05) is 18.0 Å². The molecule has 0 fully saturated rings. The first-order valence-electron chi connectivity index (χ1n) is 9.52. The summed E-state index contributed by atoms with van der Waals surface area (Å²) in [6, 6.07) is 9.19. The highest BCUT2D eigenvalue weighted by molar-refractivity contribution is 5.68. The molecule has 1 aliphatic rings. The van der Waals surface area contributed by atoms with Crippen molar-refractivity contribution in [2.24, 2.45) is 0 Å². The van der Waals surface area contributed by atoms with Crippen LogP contribution in [0.2, 0.25) is 0 Å². The Morgan fingerprint density at radius 1 is 1.10 bits per heavy atom. The van der Waals surface area contributed by atoms with Crippen molar-refractivity contribution < 1.29 is 17.9 Å². The summed E-state index contributed by atoms with van der Waals surface area (Å²) in [4.78, 5) is 22.2. The molecular formula is C21H18F3N5O2. The van der Waals surface area contributed by atoms with E-state index >= 15 is 0 Å². The van der Waals surface area contributed by atoms with Crippen LogP contribution < -0.4 is 15.3 Å². The van der Waals surface area contributed by atoms with Gasteiger partial charge < -0.3 is 9.64 Å². The zero-order valence-corrected chi connectivity index (χ0v) is 16.3. The Labute approximate surface area is 175 Å². The molecule has 0 N–H and O–H groups in total. The average Bonchev–Trinajstić information content (AvgIpc) is 2.77. The Balaban J connectivity index is 1.42. The van der Waals surface area contributed by atoms with Crippen LogP contribution in [0.1, 0.15) is 17.5 Å². The van der Waals surface area contributed by atoms with Crippen molar-refractivity contribution in [1.82, 2.24) is 19.7 Å². The van der Waals surface area contributed by atoms with Crippen LogP contribution in [0.25, 0.3) is 5.57 Å². The zero-order valence-electron chi connectivity index (χ0n) is 16.3. The van der Waals surface area contributed by atoms with Crippen molar-refractivity contribution in [3.63, 3.8) is 0 Å². The molecule has 1 aromatic carbocycles. The van der Waals surface area contributed by atoms with Crippen LogP contribution in [0.15, 0.2) is 59.7 Å². The van der Waals surface area contributed by atoms with Crippen LogP contribution in [-0.2, 0) is 6.54 Å². The van der Waals surface area contributed by atoms with Crippen LogP contribution in [0.4, 0.5) is 19.0 Å². The molecule has 0 atom stereocenters. The molecule has 1 aliphatic heterocycles. The molecule has 3 heterocycles. The lowest BCUT2D eigenvalue weighted by Crippen LogP contribution is -2.33. The van der Waals surface area contributed by atoms with Gasteiger partial charge in [0.25, 0.3) is 0 Å². The number of benzene rings is 1. The van der Waals surface area contributed by atoms with E-state index < -0.39 is 12.3 Å². The summed E-state index contributed by atoms with van der Waals surface area (Å²) in [6.07, 6.45) is 5.61. The number of hydrogen-bond acceptors (Lipinski definition) is 6. The highest BCUT2D eigenvalue weighted by atomic mass is 19.3. The van der Waals surface area contributed by atoms with Gasteiger partial charge in [0.05, 0.1) is 12.7 Å². The summed E-state index contributed by atoms with van der Waals surface area (Å²) in [6.45, 7) is -1.64. The minimum atomic E-state index is -2.95. The van der Waals surface area contributed by atoms with E-state index in [1.165, 1.54) is 36.7 Å². The van der Waals surface area contributed by atoms with E-state index in [2.05, 4.69) is 19.8 Å². The molecule has 4 rings (SSSR count). The number of nitrogens with zero attached hydrogens (tertiary/aromatic N) is 5. The third-order valence-corrected chi connectivity index (χ3v) is 4.83. The van der Waals surface area contributed by atoms with Crippen LogP contribution in [-0.4, -0.2) is 39.4 Å². The predicted molar refractivity (Wildman–Crippen MR) is 107 cm³/mol. The maximum atomic E-state index is 13.1. The van der Waals surface area contributed by atoms with Crippen LogP contribution in [0, 0.1) is 5.82 Å². The Bertz CT molecular complexity index is 1130. The molecule has 31 heavy (non-hydrogen) atoms. The molecule has 2 aromatic heterocycles. The Morgan fingerprint density at radius 3 is 2.52 bits per heavy atom. The second-order valence-electron chi connectivity index (χ2n) is 6.87. The maximum Gasteiger partial charge on any atom is 0.388 e. The van der Waals surface area contributed by atoms with E-state index in [9.17, 15) is 18.0 Å². The Hall–Kier alpha value is -3.69. The molecule has 10 heteroatoms. The Kier molecular flexibility index (Phi) is 5.96. The molecule has 0 aliphatic carbocycles. The van der Waals surface area contributed by atoms with Gasteiger partial charge in [-0.1, -0.05) is 24.3 Å². The van der Waals surface area contributed by atoms with Gasteiger partial charge in [0.15, 0.2) is 5.82 Å². The fourth-order valence-corrected chi connectivity index (χ4v) is 3.26. The number of halogens is 3. The topological polar surface area (TPSA) is 73.1 Å². The van der Waals surface area contributed by atoms with Crippen molar-refractivity contribution >= 4 is 11.4 Å². The van der Waals surface area contributed by atoms with Gasteiger partial charge in [-0.3, -0.25) is 0 Å². The molecule has 0 radical (unpaired) electrons. The quantitative estimate of drug-likeness (QED) is 0.600. The minimum absolute atomic E-state index is 0.0999. The monoisotopic (exact) mass is 429 g/mol. The summed E-state index contributed by atoms with van der Waals surface area (Å²) in [5, 5.41) is 4.17. The third kappa shape index (κ3) is 5.08. The highest BCUT2D eigenvalue weighted by Gasteiger charge is 2.16. The van der Waals surface area contributed by atoms with Crippen LogP contribution in [0.5, 0.6) is 5.88 Å². The number of pyridine rings is 1. The van der Waals surface area contributed by atoms with Crippen molar-refractivity contribution in [3.05, 3.63) is 82.3 Å². The molecule has 0 saturated heterocycles. The van der Waals surface area contributed by atoms with Gasteiger partial charge in [-0.05, 0) is 35.3 Å². The van der Waals surface area contributed by atoms with Crippen molar-refractivity contribution in [2.45, 2.75) is 19.6 Å². The van der Waals surface area contributed by atoms with E-state index in [1.807, 2.05) is 11.0 Å². The molecule has 0 bridgehead atoms. The lowest BCUT2D eigenvalue weighted by Gasteiger charge is -2.27. The molecular weight excluding hydrogens is 411 g/mol. The normalized spacial score (nSPS) is 13.9. The fraction of sp³-hybridized carbons (Fsp3) is 0.238. The SMILES string of the molecule is O=c1nc(N2CC=C(c3ccc(F)cc3)CC2)cnn1Cc1ccc(OC(F)F)nc1. The Morgan fingerprint density at radius 2 is 1.90 bits per heavy atom.